The van der Waals surface area contributed by atoms with Crippen LogP contribution in [0, 0.1) is 0 Å². The summed E-state index contributed by atoms with van der Waals surface area (Å²) in [5.41, 5.74) is 2.31. The molecule has 0 N–H and O–H groups in total. The fraction of sp³-hybridized carbons (Fsp3) is 0.115. The van der Waals surface area contributed by atoms with Crippen LogP contribution < -0.4 is 9.64 Å². The number of nitrogens with zero attached hydrogens (tertiary/aromatic N) is 2. The van der Waals surface area contributed by atoms with E-state index in [4.69, 9.17) is 28.6 Å². The van der Waals surface area contributed by atoms with Gasteiger partial charge in [-0.1, -0.05) is 71.6 Å². The number of amides is 2. The predicted molar refractivity (Wildman–Crippen MR) is 147 cm³/mol. The van der Waals surface area contributed by atoms with E-state index in [1.165, 1.54) is 16.7 Å². The summed E-state index contributed by atoms with van der Waals surface area (Å²) in [5, 5.41) is 0.533. The van der Waals surface area contributed by atoms with Gasteiger partial charge in [-0.3, -0.25) is 19.4 Å². The number of rotatable bonds is 5. The molecule has 0 unspecified atom stereocenters. The number of halogens is 1. The Bertz CT molecular complexity index is 1370. The molecule has 0 atom stereocenters. The van der Waals surface area contributed by atoms with Gasteiger partial charge in [0.2, 0.25) is 0 Å². The summed E-state index contributed by atoms with van der Waals surface area (Å²) in [6.45, 7) is 2.34. The third kappa shape index (κ3) is 4.84. The van der Waals surface area contributed by atoms with Gasteiger partial charge in [-0.05, 0) is 61.0 Å². The molecule has 5 rings (SSSR count). The molecule has 35 heavy (non-hydrogen) atoms. The lowest BCUT2D eigenvalue weighted by Crippen LogP contribution is -2.41. The van der Waals surface area contributed by atoms with Crippen LogP contribution in [-0.4, -0.2) is 34.2 Å². The normalized spacial score (nSPS) is 15.9. The fourth-order valence-corrected chi connectivity index (χ4v) is 6.28. The van der Waals surface area contributed by atoms with Gasteiger partial charge in [0.05, 0.1) is 22.9 Å². The third-order valence-corrected chi connectivity index (χ3v) is 8.14. The monoisotopic (exact) mass is 538 g/mol. The average molecular weight is 539 g/mol. The highest BCUT2D eigenvalue weighted by atomic mass is 35.5. The lowest BCUT2D eigenvalue weighted by Gasteiger charge is -2.32. The Labute approximate surface area is 222 Å². The van der Waals surface area contributed by atoms with Crippen molar-refractivity contribution in [1.29, 1.82) is 0 Å². The van der Waals surface area contributed by atoms with Gasteiger partial charge in [0.1, 0.15) is 16.6 Å². The van der Waals surface area contributed by atoms with Crippen LogP contribution in [-0.2, 0) is 9.59 Å². The molecule has 0 aliphatic carbocycles. The van der Waals surface area contributed by atoms with Gasteiger partial charge in [0.15, 0.2) is 0 Å². The van der Waals surface area contributed by atoms with Crippen molar-refractivity contribution in [2.75, 3.05) is 18.1 Å². The van der Waals surface area contributed by atoms with Gasteiger partial charge in [0.25, 0.3) is 11.8 Å². The van der Waals surface area contributed by atoms with Crippen LogP contribution >= 0.6 is 47.3 Å². The van der Waals surface area contributed by atoms with E-state index in [9.17, 15) is 9.59 Å². The molecule has 0 saturated carbocycles. The molecule has 3 aromatic carbocycles. The van der Waals surface area contributed by atoms with Crippen LogP contribution in [0.2, 0.25) is 5.02 Å². The van der Waals surface area contributed by atoms with Crippen molar-refractivity contribution in [3.05, 3.63) is 82.2 Å². The van der Waals surface area contributed by atoms with Gasteiger partial charge in [-0.15, -0.1) is 0 Å². The third-order valence-electron chi connectivity index (χ3n) is 5.39. The van der Waals surface area contributed by atoms with Gasteiger partial charge < -0.3 is 4.74 Å². The van der Waals surface area contributed by atoms with E-state index >= 15 is 0 Å². The lowest BCUT2D eigenvalue weighted by atomic mass is 10.2. The zero-order valence-corrected chi connectivity index (χ0v) is 21.8. The van der Waals surface area contributed by atoms with E-state index < -0.39 is 0 Å². The van der Waals surface area contributed by atoms with Gasteiger partial charge in [-0.25, -0.2) is 0 Å². The number of carbonyl (C=O) groups excluding carboxylic acids is 2. The summed E-state index contributed by atoms with van der Waals surface area (Å²) in [7, 11) is 0. The summed E-state index contributed by atoms with van der Waals surface area (Å²) in [6, 6.07) is 20.6. The predicted octanol–water partition coefficient (Wildman–Crippen LogP) is 6.77. The first-order chi connectivity index (χ1) is 16.9. The van der Waals surface area contributed by atoms with Crippen LogP contribution in [0.5, 0.6) is 5.75 Å². The van der Waals surface area contributed by atoms with Gasteiger partial charge in [-0.2, -0.15) is 0 Å². The molecule has 5 nitrogen and oxygen atoms in total. The Morgan fingerprint density at radius 1 is 1.03 bits per heavy atom. The Morgan fingerprint density at radius 3 is 2.54 bits per heavy atom. The van der Waals surface area contributed by atoms with E-state index in [0.29, 0.717) is 26.5 Å². The first-order valence-corrected chi connectivity index (χ1v) is 13.2. The number of para-hydroxylation sites is 1. The number of carbonyl (C=O) groups is 2. The van der Waals surface area contributed by atoms with Gasteiger partial charge >= 0.3 is 0 Å². The number of anilines is 2. The quantitative estimate of drug-likeness (QED) is 0.264. The van der Waals surface area contributed by atoms with E-state index in [1.54, 1.807) is 34.9 Å². The van der Waals surface area contributed by atoms with E-state index in [1.807, 2.05) is 61.5 Å². The molecule has 2 amide bonds. The molecule has 2 aliphatic heterocycles. The molecule has 176 valence electrons. The number of thioether (sulfide) groups is 1. The van der Waals surface area contributed by atoms with Crippen LogP contribution in [0.25, 0.3) is 6.08 Å². The highest BCUT2D eigenvalue weighted by Gasteiger charge is 2.36. The first kappa shape index (κ1) is 23.9. The van der Waals surface area contributed by atoms with Crippen molar-refractivity contribution in [1.82, 2.24) is 4.90 Å². The standard InChI is InChI=1S/C26H19ClN2O3S3/c1-2-32-18-10-7-16(8-11-18)13-23-25(31)28(26(33)35-23)15-24(30)29-19-5-3-4-6-21(19)34-22-12-9-17(27)14-20(22)29/h3-14H,2,15H2,1H3. The van der Waals surface area contributed by atoms with Gasteiger partial charge in [0, 0.05) is 14.8 Å². The van der Waals surface area contributed by atoms with Crippen LogP contribution in [0.4, 0.5) is 11.4 Å². The molecule has 1 fully saturated rings. The van der Waals surface area contributed by atoms with E-state index in [0.717, 1.165) is 26.8 Å². The largest absolute Gasteiger partial charge is 0.494 e. The maximum atomic E-state index is 13.6. The molecule has 0 spiro atoms. The second-order valence-corrected chi connectivity index (χ2v) is 10.9. The minimum atomic E-state index is -0.284. The number of hydrogen-bond donors (Lipinski definition) is 0. The molecule has 9 heteroatoms. The summed E-state index contributed by atoms with van der Waals surface area (Å²) in [5.74, 6) is 0.219. The van der Waals surface area contributed by atoms with E-state index in [2.05, 4.69) is 0 Å². The molecule has 0 aromatic heterocycles. The first-order valence-electron chi connectivity index (χ1n) is 10.8. The number of ether oxygens (including phenoxy) is 1. The molecule has 2 heterocycles. The Hall–Kier alpha value is -2.78. The minimum absolute atomic E-state index is 0.170. The maximum absolute atomic E-state index is 13.6. The van der Waals surface area contributed by atoms with Crippen molar-refractivity contribution < 1.29 is 14.3 Å². The molecule has 2 aliphatic rings. The van der Waals surface area contributed by atoms with E-state index in [-0.39, 0.29) is 18.4 Å². The highest BCUT2D eigenvalue weighted by molar-refractivity contribution is 8.26. The summed E-state index contributed by atoms with van der Waals surface area (Å²) < 4.78 is 5.82. The maximum Gasteiger partial charge on any atom is 0.266 e. The van der Waals surface area contributed by atoms with Crippen molar-refractivity contribution in [2.45, 2.75) is 16.7 Å². The second kappa shape index (κ2) is 10.1. The summed E-state index contributed by atoms with van der Waals surface area (Å²) >= 11 is 14.5. The van der Waals surface area contributed by atoms with Crippen LogP contribution in [0.3, 0.4) is 0 Å². The van der Waals surface area contributed by atoms with Crippen molar-refractivity contribution in [3.63, 3.8) is 0 Å². The number of fused-ring (bicyclic) bond motifs is 2. The fourth-order valence-electron chi connectivity index (χ4n) is 3.82. The van der Waals surface area contributed by atoms with Crippen molar-refractivity contribution >= 4 is 80.9 Å². The molecular formula is C26H19ClN2O3S3. The molecule has 0 bridgehead atoms. The molecule has 3 aromatic rings. The van der Waals surface area contributed by atoms with Crippen LogP contribution in [0.1, 0.15) is 12.5 Å². The minimum Gasteiger partial charge on any atom is -0.494 e. The Balaban J connectivity index is 1.40. The van der Waals surface area contributed by atoms with Crippen molar-refractivity contribution in [2.24, 2.45) is 0 Å². The highest BCUT2D eigenvalue weighted by Crippen LogP contribution is 2.49. The topological polar surface area (TPSA) is 49.9 Å². The zero-order valence-electron chi connectivity index (χ0n) is 18.6. The number of benzene rings is 3. The SMILES string of the molecule is CCOc1ccc(C=C2SC(=S)N(CC(=O)N3c4ccccc4Sc4ccc(Cl)cc43)C2=O)cc1. The molecule has 0 radical (unpaired) electrons. The summed E-state index contributed by atoms with van der Waals surface area (Å²) in [4.78, 5) is 32.1. The van der Waals surface area contributed by atoms with Crippen LogP contribution in [0.15, 0.2) is 81.4 Å². The molecular weight excluding hydrogens is 520 g/mol. The Kier molecular flexibility index (Phi) is 6.88. The lowest BCUT2D eigenvalue weighted by molar-refractivity contribution is -0.127. The number of hydrogen-bond acceptors (Lipinski definition) is 6. The molecule has 1 saturated heterocycles. The number of thiocarbonyl (C=S) groups is 1. The Morgan fingerprint density at radius 2 is 1.77 bits per heavy atom. The van der Waals surface area contributed by atoms with Crippen molar-refractivity contribution in [3.8, 4) is 5.75 Å². The second-order valence-electron chi connectivity index (χ2n) is 7.68. The zero-order chi connectivity index (χ0) is 24.5. The summed E-state index contributed by atoms with van der Waals surface area (Å²) in [6.07, 6.45) is 1.78. The average Bonchev–Trinajstić information content (AvgIpc) is 3.11. The smallest absolute Gasteiger partial charge is 0.266 e.